The van der Waals surface area contributed by atoms with Gasteiger partial charge in [0, 0.05) is 21.4 Å². The number of aliphatic carboxylic acids is 1. The maximum atomic E-state index is 12.9. The molecule has 0 spiro atoms. The fourth-order valence-electron chi connectivity index (χ4n) is 1.43. The summed E-state index contributed by atoms with van der Waals surface area (Å²) in [6.07, 6.45) is 2.58. The molecule has 0 atom stereocenters. The smallest absolute Gasteiger partial charge is 0.328 e. The largest absolute Gasteiger partial charge is 0.478 e. The second-order valence-electron chi connectivity index (χ2n) is 3.50. The summed E-state index contributed by atoms with van der Waals surface area (Å²) < 4.78 is 12.9. The summed E-state index contributed by atoms with van der Waals surface area (Å²) in [4.78, 5) is 12.1. The SMILES string of the molecule is O=C(O)/C=C/c1ccc(-c2ccc(F)cc2Cl)s1. The van der Waals surface area contributed by atoms with Crippen molar-refractivity contribution < 1.29 is 14.3 Å². The molecule has 1 heterocycles. The van der Waals surface area contributed by atoms with Crippen LogP contribution in [-0.4, -0.2) is 11.1 Å². The molecule has 0 bridgehead atoms. The highest BCUT2D eigenvalue weighted by molar-refractivity contribution is 7.16. The molecule has 0 amide bonds. The van der Waals surface area contributed by atoms with Gasteiger partial charge in [0.25, 0.3) is 0 Å². The summed E-state index contributed by atoms with van der Waals surface area (Å²) in [5.41, 5.74) is 0.734. The van der Waals surface area contributed by atoms with Gasteiger partial charge in [-0.05, 0) is 36.4 Å². The molecule has 18 heavy (non-hydrogen) atoms. The quantitative estimate of drug-likeness (QED) is 0.852. The molecule has 2 nitrogen and oxygen atoms in total. The highest BCUT2D eigenvalue weighted by atomic mass is 35.5. The van der Waals surface area contributed by atoms with Crippen molar-refractivity contribution in [1.29, 1.82) is 0 Å². The van der Waals surface area contributed by atoms with Gasteiger partial charge in [0.15, 0.2) is 0 Å². The zero-order valence-corrected chi connectivity index (χ0v) is 10.6. The molecule has 0 saturated heterocycles. The van der Waals surface area contributed by atoms with Crippen LogP contribution in [0.25, 0.3) is 16.5 Å². The Balaban J connectivity index is 2.32. The van der Waals surface area contributed by atoms with Crippen LogP contribution < -0.4 is 0 Å². The van der Waals surface area contributed by atoms with Crippen LogP contribution in [0, 0.1) is 5.82 Å². The van der Waals surface area contributed by atoms with E-state index in [0.29, 0.717) is 5.02 Å². The van der Waals surface area contributed by atoms with Gasteiger partial charge >= 0.3 is 5.97 Å². The monoisotopic (exact) mass is 282 g/mol. The highest BCUT2D eigenvalue weighted by Crippen LogP contribution is 2.34. The van der Waals surface area contributed by atoms with Crippen molar-refractivity contribution in [2.75, 3.05) is 0 Å². The number of carboxylic acids is 1. The Hall–Kier alpha value is -1.65. The van der Waals surface area contributed by atoms with E-state index in [-0.39, 0.29) is 5.82 Å². The summed E-state index contributed by atoms with van der Waals surface area (Å²) in [5, 5.41) is 8.87. The number of hydrogen-bond acceptors (Lipinski definition) is 2. The normalized spacial score (nSPS) is 11.0. The van der Waals surface area contributed by atoms with Crippen molar-refractivity contribution in [2.24, 2.45) is 0 Å². The topological polar surface area (TPSA) is 37.3 Å². The van der Waals surface area contributed by atoms with E-state index in [0.717, 1.165) is 21.4 Å². The van der Waals surface area contributed by atoms with Crippen molar-refractivity contribution in [2.45, 2.75) is 0 Å². The van der Waals surface area contributed by atoms with Crippen molar-refractivity contribution in [3.63, 3.8) is 0 Å². The van der Waals surface area contributed by atoms with Crippen LogP contribution >= 0.6 is 22.9 Å². The van der Waals surface area contributed by atoms with Crippen LogP contribution in [0.15, 0.2) is 36.4 Å². The zero-order valence-electron chi connectivity index (χ0n) is 9.06. The summed E-state index contributed by atoms with van der Waals surface area (Å²) in [6.45, 7) is 0. The van der Waals surface area contributed by atoms with Gasteiger partial charge in [-0.2, -0.15) is 0 Å². The molecule has 0 aliphatic rings. The molecule has 2 aromatic rings. The molecule has 1 aromatic heterocycles. The molecule has 0 fully saturated rings. The summed E-state index contributed by atoms with van der Waals surface area (Å²) in [5.74, 6) is -1.38. The van der Waals surface area contributed by atoms with Crippen LogP contribution in [0.5, 0.6) is 0 Å². The molecular formula is C13H8ClFO2S. The third-order valence-electron chi connectivity index (χ3n) is 2.21. The molecule has 0 aliphatic heterocycles. The minimum Gasteiger partial charge on any atom is -0.478 e. The molecule has 1 aromatic carbocycles. The standard InChI is InChI=1S/C13H8ClFO2S/c14-11-7-8(15)1-4-10(11)12-5-2-9(18-12)3-6-13(16)17/h1-7H,(H,16,17)/b6-3+. The summed E-state index contributed by atoms with van der Waals surface area (Å²) in [6, 6.07) is 7.82. The first kappa shape index (κ1) is 12.8. The zero-order chi connectivity index (χ0) is 13.1. The lowest BCUT2D eigenvalue weighted by molar-refractivity contribution is -0.131. The number of halogens is 2. The van der Waals surface area contributed by atoms with Crippen molar-refractivity contribution in [3.8, 4) is 10.4 Å². The predicted molar refractivity (Wildman–Crippen MR) is 71.4 cm³/mol. The van der Waals surface area contributed by atoms with Gasteiger partial charge in [0.05, 0.1) is 5.02 Å². The molecule has 0 saturated carbocycles. The van der Waals surface area contributed by atoms with Gasteiger partial charge in [-0.1, -0.05) is 11.6 Å². The van der Waals surface area contributed by atoms with E-state index < -0.39 is 5.97 Å². The lowest BCUT2D eigenvalue weighted by Gasteiger charge is -2.00. The Labute approximate surface area is 112 Å². The highest BCUT2D eigenvalue weighted by Gasteiger charge is 2.07. The minimum absolute atomic E-state index is 0.339. The Morgan fingerprint density at radius 3 is 2.78 bits per heavy atom. The van der Waals surface area contributed by atoms with Crippen LogP contribution in [-0.2, 0) is 4.79 Å². The van der Waals surface area contributed by atoms with Crippen LogP contribution in [0.2, 0.25) is 5.02 Å². The number of thiophene rings is 1. The summed E-state index contributed by atoms with van der Waals surface area (Å²) in [7, 11) is 0. The average molecular weight is 283 g/mol. The van der Waals surface area contributed by atoms with Crippen LogP contribution in [0.1, 0.15) is 4.88 Å². The molecule has 0 aliphatic carbocycles. The fourth-order valence-corrected chi connectivity index (χ4v) is 2.71. The van der Waals surface area contributed by atoms with E-state index in [9.17, 15) is 9.18 Å². The van der Waals surface area contributed by atoms with Crippen LogP contribution in [0.3, 0.4) is 0 Å². The summed E-state index contributed by atoms with van der Waals surface area (Å²) >= 11 is 7.35. The maximum Gasteiger partial charge on any atom is 0.328 e. The van der Waals surface area contributed by atoms with E-state index in [2.05, 4.69) is 0 Å². The third-order valence-corrected chi connectivity index (χ3v) is 3.61. The van der Waals surface area contributed by atoms with Crippen molar-refractivity contribution in [1.82, 2.24) is 0 Å². The second kappa shape index (κ2) is 5.33. The molecule has 92 valence electrons. The second-order valence-corrected chi connectivity index (χ2v) is 5.02. The Morgan fingerprint density at radius 2 is 2.11 bits per heavy atom. The van der Waals surface area contributed by atoms with Gasteiger partial charge in [0.1, 0.15) is 5.82 Å². The van der Waals surface area contributed by atoms with Gasteiger partial charge in [-0.25, -0.2) is 9.18 Å². The van der Waals surface area contributed by atoms with Gasteiger partial charge in [0.2, 0.25) is 0 Å². The first-order valence-electron chi connectivity index (χ1n) is 5.02. The number of carbonyl (C=O) groups is 1. The van der Waals surface area contributed by atoms with Gasteiger partial charge < -0.3 is 5.11 Å². The molecule has 2 rings (SSSR count). The lowest BCUT2D eigenvalue weighted by atomic mass is 10.2. The van der Waals surface area contributed by atoms with E-state index in [1.165, 1.54) is 29.5 Å². The van der Waals surface area contributed by atoms with E-state index >= 15 is 0 Å². The Kier molecular flexibility index (Phi) is 3.79. The first-order valence-corrected chi connectivity index (χ1v) is 6.22. The van der Waals surface area contributed by atoms with Gasteiger partial charge in [-0.3, -0.25) is 0 Å². The van der Waals surface area contributed by atoms with Crippen LogP contribution in [0.4, 0.5) is 4.39 Å². The third kappa shape index (κ3) is 2.97. The number of carboxylic acid groups (broad SMARTS) is 1. The van der Waals surface area contributed by atoms with Crippen molar-refractivity contribution >= 4 is 35.0 Å². The fraction of sp³-hybridized carbons (Fsp3) is 0. The average Bonchev–Trinajstić information content (AvgIpc) is 2.75. The molecule has 0 radical (unpaired) electrons. The van der Waals surface area contributed by atoms with Gasteiger partial charge in [-0.15, -0.1) is 11.3 Å². The molecule has 0 unspecified atom stereocenters. The molecule has 1 N–H and O–H groups in total. The van der Waals surface area contributed by atoms with Crippen molar-refractivity contribution in [3.05, 3.63) is 52.1 Å². The maximum absolute atomic E-state index is 12.9. The Morgan fingerprint density at radius 1 is 1.33 bits per heavy atom. The molecule has 5 heteroatoms. The van der Waals surface area contributed by atoms with E-state index in [1.807, 2.05) is 6.07 Å². The number of hydrogen-bond donors (Lipinski definition) is 1. The van der Waals surface area contributed by atoms with E-state index in [4.69, 9.17) is 16.7 Å². The number of rotatable bonds is 3. The minimum atomic E-state index is -0.996. The Bertz CT molecular complexity index is 619. The lowest BCUT2D eigenvalue weighted by Crippen LogP contribution is -1.84. The molecular weight excluding hydrogens is 275 g/mol. The first-order chi connectivity index (χ1) is 8.56. The van der Waals surface area contributed by atoms with E-state index in [1.54, 1.807) is 12.1 Å². The predicted octanol–water partition coefficient (Wildman–Crippen LogP) is 4.31. The number of benzene rings is 1.